The summed E-state index contributed by atoms with van der Waals surface area (Å²) < 4.78 is 13.1. The summed E-state index contributed by atoms with van der Waals surface area (Å²) in [6.45, 7) is 0. The van der Waals surface area contributed by atoms with Gasteiger partial charge in [0.05, 0.1) is 5.69 Å². The molecule has 3 aromatic heterocycles. The topological polar surface area (TPSA) is 80.7 Å². The molecule has 22 heavy (non-hydrogen) atoms. The molecule has 0 atom stereocenters. The molecular formula is C15H10FN5O. The number of pyridine rings is 2. The number of halogens is 1. The number of carbonyl (C=O) groups is 1. The number of amides is 1. The minimum Gasteiger partial charge on any atom is -0.304 e. The van der Waals surface area contributed by atoms with Crippen molar-refractivity contribution < 1.29 is 9.18 Å². The number of nitrogens with zero attached hydrogens (tertiary/aromatic N) is 4. The third-order valence-corrected chi connectivity index (χ3v) is 2.79. The molecule has 0 aliphatic carbocycles. The lowest BCUT2D eigenvalue weighted by Crippen LogP contribution is -2.15. The molecule has 0 aliphatic heterocycles. The Hall–Kier alpha value is -3.22. The van der Waals surface area contributed by atoms with E-state index in [2.05, 4.69) is 25.5 Å². The van der Waals surface area contributed by atoms with Crippen molar-refractivity contribution in [1.82, 2.24) is 20.2 Å². The number of aromatic nitrogens is 4. The van der Waals surface area contributed by atoms with Crippen molar-refractivity contribution in [1.29, 1.82) is 0 Å². The summed E-state index contributed by atoms with van der Waals surface area (Å²) in [4.78, 5) is 19.8. The zero-order chi connectivity index (χ0) is 15.4. The van der Waals surface area contributed by atoms with E-state index in [9.17, 15) is 9.18 Å². The van der Waals surface area contributed by atoms with Gasteiger partial charge < -0.3 is 5.32 Å². The Labute approximate surface area is 125 Å². The van der Waals surface area contributed by atoms with Crippen molar-refractivity contribution in [3.63, 3.8) is 0 Å². The van der Waals surface area contributed by atoms with E-state index in [4.69, 9.17) is 0 Å². The Kier molecular flexibility index (Phi) is 3.78. The standard InChI is InChI=1S/C15H10FN5O/c16-10-6-8-18-13(9-10)15(22)19-14-5-4-12(20-21-14)11-3-1-2-7-17-11/h1-9H,(H,19,21,22). The van der Waals surface area contributed by atoms with Crippen LogP contribution in [0, 0.1) is 5.82 Å². The maximum Gasteiger partial charge on any atom is 0.275 e. The normalized spacial score (nSPS) is 10.2. The summed E-state index contributed by atoms with van der Waals surface area (Å²) in [5.41, 5.74) is 1.23. The molecule has 0 saturated carbocycles. The minimum absolute atomic E-state index is 0.0318. The van der Waals surface area contributed by atoms with Gasteiger partial charge in [0.1, 0.15) is 17.2 Å². The third kappa shape index (κ3) is 3.09. The van der Waals surface area contributed by atoms with E-state index in [1.54, 1.807) is 30.5 Å². The van der Waals surface area contributed by atoms with E-state index in [-0.39, 0.29) is 11.5 Å². The van der Waals surface area contributed by atoms with E-state index in [0.29, 0.717) is 11.4 Å². The van der Waals surface area contributed by atoms with Crippen LogP contribution in [-0.4, -0.2) is 26.1 Å². The third-order valence-electron chi connectivity index (χ3n) is 2.79. The molecule has 0 saturated heterocycles. The molecule has 1 amide bonds. The molecule has 0 bridgehead atoms. The highest BCUT2D eigenvalue weighted by atomic mass is 19.1. The second kappa shape index (κ2) is 6.04. The van der Waals surface area contributed by atoms with Crippen LogP contribution in [0.5, 0.6) is 0 Å². The molecular weight excluding hydrogens is 285 g/mol. The van der Waals surface area contributed by atoms with Crippen molar-refractivity contribution in [2.45, 2.75) is 0 Å². The van der Waals surface area contributed by atoms with E-state index in [0.717, 1.165) is 12.1 Å². The maximum atomic E-state index is 13.1. The molecule has 6 nitrogen and oxygen atoms in total. The van der Waals surface area contributed by atoms with Crippen molar-refractivity contribution in [3.8, 4) is 11.4 Å². The number of hydrogen-bond donors (Lipinski definition) is 1. The van der Waals surface area contributed by atoms with Gasteiger partial charge in [0.15, 0.2) is 5.82 Å². The number of hydrogen-bond acceptors (Lipinski definition) is 5. The van der Waals surface area contributed by atoms with Gasteiger partial charge >= 0.3 is 0 Å². The van der Waals surface area contributed by atoms with Crippen LogP contribution < -0.4 is 5.32 Å². The lowest BCUT2D eigenvalue weighted by Gasteiger charge is -2.04. The van der Waals surface area contributed by atoms with Crippen molar-refractivity contribution >= 4 is 11.7 Å². The Morgan fingerprint density at radius 2 is 1.86 bits per heavy atom. The van der Waals surface area contributed by atoms with E-state index < -0.39 is 11.7 Å². The molecule has 3 rings (SSSR count). The van der Waals surface area contributed by atoms with Crippen LogP contribution in [0.25, 0.3) is 11.4 Å². The molecule has 0 radical (unpaired) electrons. The first kappa shape index (κ1) is 13.7. The molecule has 7 heteroatoms. The van der Waals surface area contributed by atoms with Crippen molar-refractivity contribution in [2.24, 2.45) is 0 Å². The van der Waals surface area contributed by atoms with Crippen LogP contribution in [0.3, 0.4) is 0 Å². The molecule has 1 N–H and O–H groups in total. The van der Waals surface area contributed by atoms with E-state index in [1.165, 1.54) is 6.20 Å². The van der Waals surface area contributed by atoms with Crippen LogP contribution in [-0.2, 0) is 0 Å². The van der Waals surface area contributed by atoms with Gasteiger partial charge in [-0.25, -0.2) is 4.39 Å². The highest BCUT2D eigenvalue weighted by molar-refractivity contribution is 6.02. The molecule has 108 valence electrons. The van der Waals surface area contributed by atoms with Gasteiger partial charge in [-0.2, -0.15) is 0 Å². The Balaban J connectivity index is 1.75. The average Bonchev–Trinajstić information content (AvgIpc) is 2.56. The summed E-state index contributed by atoms with van der Waals surface area (Å²) in [7, 11) is 0. The predicted octanol–water partition coefficient (Wildman–Crippen LogP) is 2.32. The monoisotopic (exact) mass is 295 g/mol. The number of rotatable bonds is 3. The van der Waals surface area contributed by atoms with Crippen molar-refractivity contribution in [3.05, 3.63) is 66.4 Å². The smallest absolute Gasteiger partial charge is 0.275 e. The van der Waals surface area contributed by atoms with Gasteiger partial charge in [-0.1, -0.05) is 6.07 Å². The van der Waals surface area contributed by atoms with E-state index >= 15 is 0 Å². The zero-order valence-electron chi connectivity index (χ0n) is 11.3. The fourth-order valence-corrected chi connectivity index (χ4v) is 1.76. The van der Waals surface area contributed by atoms with Gasteiger partial charge in [-0.15, -0.1) is 10.2 Å². The van der Waals surface area contributed by atoms with Gasteiger partial charge in [0.25, 0.3) is 5.91 Å². The maximum absolute atomic E-state index is 13.1. The summed E-state index contributed by atoms with van der Waals surface area (Å²) in [6.07, 6.45) is 2.88. The fraction of sp³-hybridized carbons (Fsp3) is 0. The van der Waals surface area contributed by atoms with Crippen LogP contribution in [0.15, 0.2) is 54.9 Å². The molecule has 0 aliphatic rings. The quantitative estimate of drug-likeness (QED) is 0.802. The van der Waals surface area contributed by atoms with Crippen LogP contribution in [0.2, 0.25) is 0 Å². The summed E-state index contributed by atoms with van der Waals surface area (Å²) in [5, 5.41) is 10.4. The second-order valence-corrected chi connectivity index (χ2v) is 4.33. The Morgan fingerprint density at radius 1 is 0.955 bits per heavy atom. The summed E-state index contributed by atoms with van der Waals surface area (Å²) in [5.74, 6) is -0.841. The second-order valence-electron chi connectivity index (χ2n) is 4.33. The summed E-state index contributed by atoms with van der Waals surface area (Å²) in [6, 6.07) is 10.9. The Morgan fingerprint density at radius 3 is 2.55 bits per heavy atom. The molecule has 0 aromatic carbocycles. The lowest BCUT2D eigenvalue weighted by atomic mass is 10.2. The largest absolute Gasteiger partial charge is 0.304 e. The number of anilines is 1. The Bertz CT molecular complexity index is 793. The first-order chi connectivity index (χ1) is 10.7. The van der Waals surface area contributed by atoms with Crippen LogP contribution in [0.1, 0.15) is 10.5 Å². The first-order valence-corrected chi connectivity index (χ1v) is 6.40. The predicted molar refractivity (Wildman–Crippen MR) is 77.4 cm³/mol. The van der Waals surface area contributed by atoms with Gasteiger partial charge in [0.2, 0.25) is 0 Å². The van der Waals surface area contributed by atoms with Gasteiger partial charge in [-0.05, 0) is 30.3 Å². The SMILES string of the molecule is O=C(Nc1ccc(-c2ccccn2)nn1)c1cc(F)ccn1. The molecule has 3 aromatic rings. The number of nitrogens with one attached hydrogen (secondary N) is 1. The number of carbonyl (C=O) groups excluding carboxylic acids is 1. The molecule has 0 fully saturated rings. The minimum atomic E-state index is -0.556. The average molecular weight is 295 g/mol. The van der Waals surface area contributed by atoms with Crippen LogP contribution >= 0.6 is 0 Å². The zero-order valence-corrected chi connectivity index (χ0v) is 11.3. The van der Waals surface area contributed by atoms with Crippen LogP contribution in [0.4, 0.5) is 10.2 Å². The highest BCUT2D eigenvalue weighted by Crippen LogP contribution is 2.14. The van der Waals surface area contributed by atoms with Gasteiger partial charge in [0, 0.05) is 18.5 Å². The molecule has 0 spiro atoms. The lowest BCUT2D eigenvalue weighted by molar-refractivity contribution is 0.102. The fourth-order valence-electron chi connectivity index (χ4n) is 1.76. The van der Waals surface area contributed by atoms with E-state index in [1.807, 2.05) is 6.07 Å². The van der Waals surface area contributed by atoms with Gasteiger partial charge in [-0.3, -0.25) is 14.8 Å². The molecule has 0 unspecified atom stereocenters. The van der Waals surface area contributed by atoms with Crippen molar-refractivity contribution in [2.75, 3.05) is 5.32 Å². The highest BCUT2D eigenvalue weighted by Gasteiger charge is 2.10. The molecule has 3 heterocycles. The first-order valence-electron chi connectivity index (χ1n) is 6.40. The summed E-state index contributed by atoms with van der Waals surface area (Å²) >= 11 is 0.